The van der Waals surface area contributed by atoms with Gasteiger partial charge in [0.1, 0.15) is 0 Å². The Kier molecular flexibility index (Phi) is 3.60. The summed E-state index contributed by atoms with van der Waals surface area (Å²) in [6.07, 6.45) is 7.04. The fourth-order valence-electron chi connectivity index (χ4n) is 3.37. The van der Waals surface area contributed by atoms with Crippen molar-refractivity contribution in [2.75, 3.05) is 0 Å². The van der Waals surface area contributed by atoms with Crippen LogP contribution in [0.2, 0.25) is 0 Å². The maximum atomic E-state index is 2.38. The zero-order chi connectivity index (χ0) is 14.1. The van der Waals surface area contributed by atoms with E-state index < -0.39 is 0 Å². The molecule has 0 atom stereocenters. The fourth-order valence-corrected chi connectivity index (χ4v) is 4.66. The van der Waals surface area contributed by atoms with Gasteiger partial charge in [-0.3, -0.25) is 0 Å². The van der Waals surface area contributed by atoms with Crippen molar-refractivity contribution in [3.63, 3.8) is 0 Å². The van der Waals surface area contributed by atoms with E-state index in [2.05, 4.69) is 66.4 Å². The van der Waals surface area contributed by atoms with E-state index in [0.29, 0.717) is 0 Å². The smallest absolute Gasteiger partial charge is 0.00944 e. The maximum Gasteiger partial charge on any atom is 0.00944 e. The van der Waals surface area contributed by atoms with E-state index in [0.717, 1.165) is 5.25 Å². The quantitative estimate of drug-likeness (QED) is 0.491. The Labute approximate surface area is 130 Å². The summed E-state index contributed by atoms with van der Waals surface area (Å²) in [5.74, 6) is 0. The summed E-state index contributed by atoms with van der Waals surface area (Å²) in [6.45, 7) is 0. The largest absolute Gasteiger partial charge is 0.123 e. The summed E-state index contributed by atoms with van der Waals surface area (Å²) in [6, 6.07) is 20.2. The van der Waals surface area contributed by atoms with Crippen LogP contribution in [0.25, 0.3) is 21.5 Å². The van der Waals surface area contributed by atoms with E-state index in [-0.39, 0.29) is 0 Å². The van der Waals surface area contributed by atoms with Crippen LogP contribution in [0.1, 0.15) is 32.1 Å². The first-order valence-electron chi connectivity index (χ1n) is 7.98. The average molecular weight is 292 g/mol. The third kappa shape index (κ3) is 2.80. The van der Waals surface area contributed by atoms with E-state index in [9.17, 15) is 0 Å². The molecule has 0 spiro atoms. The van der Waals surface area contributed by atoms with Gasteiger partial charge < -0.3 is 0 Å². The Morgan fingerprint density at radius 2 is 1.33 bits per heavy atom. The SMILES string of the molecule is c1ccc2cc3cc(SC4CCCCC4)ccc3cc2c1. The van der Waals surface area contributed by atoms with Crippen molar-refractivity contribution in [2.45, 2.75) is 42.2 Å². The van der Waals surface area contributed by atoms with Crippen molar-refractivity contribution in [3.05, 3.63) is 54.6 Å². The molecule has 0 N–H and O–H groups in total. The lowest BCUT2D eigenvalue weighted by atomic mass is 10.0. The Morgan fingerprint density at radius 1 is 0.667 bits per heavy atom. The van der Waals surface area contributed by atoms with Gasteiger partial charge in [-0.1, -0.05) is 49.6 Å². The van der Waals surface area contributed by atoms with E-state index >= 15 is 0 Å². The van der Waals surface area contributed by atoms with Gasteiger partial charge in [0.25, 0.3) is 0 Å². The zero-order valence-corrected chi connectivity index (χ0v) is 13.0. The summed E-state index contributed by atoms with van der Waals surface area (Å²) >= 11 is 2.08. The number of thioether (sulfide) groups is 1. The summed E-state index contributed by atoms with van der Waals surface area (Å²) < 4.78 is 0. The highest BCUT2D eigenvalue weighted by Crippen LogP contribution is 2.35. The van der Waals surface area contributed by atoms with Gasteiger partial charge in [0.2, 0.25) is 0 Å². The van der Waals surface area contributed by atoms with E-state index in [1.807, 2.05) is 0 Å². The molecule has 1 heteroatoms. The molecule has 0 radical (unpaired) electrons. The molecule has 0 saturated heterocycles. The Bertz CT molecular complexity index is 769. The number of hydrogen-bond donors (Lipinski definition) is 0. The molecule has 1 saturated carbocycles. The van der Waals surface area contributed by atoms with Crippen molar-refractivity contribution >= 4 is 33.3 Å². The molecule has 0 bridgehead atoms. The van der Waals surface area contributed by atoms with Crippen LogP contribution < -0.4 is 0 Å². The monoisotopic (exact) mass is 292 g/mol. The predicted octanol–water partition coefficient (Wildman–Crippen LogP) is 6.42. The normalized spacial score (nSPS) is 16.6. The second kappa shape index (κ2) is 5.73. The van der Waals surface area contributed by atoms with Crippen LogP contribution >= 0.6 is 11.8 Å². The average Bonchev–Trinajstić information content (AvgIpc) is 2.54. The van der Waals surface area contributed by atoms with E-state index in [4.69, 9.17) is 0 Å². The second-order valence-electron chi connectivity index (χ2n) is 6.09. The molecule has 4 rings (SSSR count). The van der Waals surface area contributed by atoms with Crippen molar-refractivity contribution in [1.82, 2.24) is 0 Å². The van der Waals surface area contributed by atoms with Gasteiger partial charge in [-0.05, 0) is 58.7 Å². The fraction of sp³-hybridized carbons (Fsp3) is 0.300. The molecule has 3 aromatic rings. The Morgan fingerprint density at radius 3 is 2.10 bits per heavy atom. The number of benzene rings is 3. The summed E-state index contributed by atoms with van der Waals surface area (Å²) in [5.41, 5.74) is 0. The van der Waals surface area contributed by atoms with Crippen molar-refractivity contribution in [3.8, 4) is 0 Å². The van der Waals surface area contributed by atoms with Gasteiger partial charge in [0, 0.05) is 10.1 Å². The molecule has 0 heterocycles. The van der Waals surface area contributed by atoms with Crippen LogP contribution in [0.15, 0.2) is 59.5 Å². The van der Waals surface area contributed by atoms with E-state index in [1.54, 1.807) is 0 Å². The Hall–Kier alpha value is -1.47. The molecular weight excluding hydrogens is 272 g/mol. The molecule has 0 amide bonds. The lowest BCUT2D eigenvalue weighted by Gasteiger charge is -2.21. The summed E-state index contributed by atoms with van der Waals surface area (Å²) in [7, 11) is 0. The lowest BCUT2D eigenvalue weighted by Crippen LogP contribution is -2.07. The minimum atomic E-state index is 0.830. The lowest BCUT2D eigenvalue weighted by molar-refractivity contribution is 0.516. The number of hydrogen-bond acceptors (Lipinski definition) is 1. The van der Waals surface area contributed by atoms with Gasteiger partial charge in [-0.15, -0.1) is 11.8 Å². The highest BCUT2D eigenvalue weighted by Gasteiger charge is 2.14. The van der Waals surface area contributed by atoms with Gasteiger partial charge in [-0.2, -0.15) is 0 Å². The minimum Gasteiger partial charge on any atom is -0.123 e. The van der Waals surface area contributed by atoms with Crippen molar-refractivity contribution in [2.24, 2.45) is 0 Å². The van der Waals surface area contributed by atoms with Crippen molar-refractivity contribution < 1.29 is 0 Å². The van der Waals surface area contributed by atoms with Crippen LogP contribution in [-0.4, -0.2) is 5.25 Å². The molecule has 21 heavy (non-hydrogen) atoms. The molecule has 0 unspecified atom stereocenters. The second-order valence-corrected chi connectivity index (χ2v) is 7.46. The Balaban J connectivity index is 1.69. The third-order valence-corrected chi connectivity index (χ3v) is 5.86. The van der Waals surface area contributed by atoms with Gasteiger partial charge in [0.05, 0.1) is 0 Å². The first-order chi connectivity index (χ1) is 10.4. The van der Waals surface area contributed by atoms with Crippen LogP contribution in [0.3, 0.4) is 0 Å². The van der Waals surface area contributed by atoms with Crippen LogP contribution in [0.5, 0.6) is 0 Å². The molecule has 1 aliphatic rings. The van der Waals surface area contributed by atoms with Crippen LogP contribution in [0.4, 0.5) is 0 Å². The van der Waals surface area contributed by atoms with Gasteiger partial charge in [-0.25, -0.2) is 0 Å². The molecular formula is C20H20S. The molecule has 1 aliphatic carbocycles. The number of rotatable bonds is 2. The highest BCUT2D eigenvalue weighted by atomic mass is 32.2. The molecule has 3 aromatic carbocycles. The van der Waals surface area contributed by atoms with Crippen LogP contribution in [0, 0.1) is 0 Å². The first-order valence-corrected chi connectivity index (χ1v) is 8.86. The third-order valence-electron chi connectivity index (χ3n) is 4.53. The topological polar surface area (TPSA) is 0 Å². The zero-order valence-electron chi connectivity index (χ0n) is 12.2. The number of fused-ring (bicyclic) bond motifs is 2. The predicted molar refractivity (Wildman–Crippen MR) is 94.2 cm³/mol. The minimum absolute atomic E-state index is 0.830. The molecule has 0 aromatic heterocycles. The molecule has 1 fully saturated rings. The van der Waals surface area contributed by atoms with Crippen molar-refractivity contribution in [1.29, 1.82) is 0 Å². The van der Waals surface area contributed by atoms with E-state index in [1.165, 1.54) is 58.5 Å². The first kappa shape index (κ1) is 13.2. The molecule has 106 valence electrons. The molecule has 0 nitrogen and oxygen atoms in total. The standard InChI is InChI=1S/C20H20S/c1-2-8-19(9-3-1)21-20-11-10-17-12-15-6-4-5-7-16(15)13-18(17)14-20/h4-7,10-14,19H,1-3,8-9H2. The summed E-state index contributed by atoms with van der Waals surface area (Å²) in [5, 5.41) is 6.22. The van der Waals surface area contributed by atoms with Gasteiger partial charge >= 0.3 is 0 Å². The highest BCUT2D eigenvalue weighted by molar-refractivity contribution is 8.00. The van der Waals surface area contributed by atoms with Crippen LogP contribution in [-0.2, 0) is 0 Å². The summed E-state index contributed by atoms with van der Waals surface area (Å²) in [4.78, 5) is 1.43. The van der Waals surface area contributed by atoms with Gasteiger partial charge in [0.15, 0.2) is 0 Å². The maximum absolute atomic E-state index is 2.38. The molecule has 0 aliphatic heterocycles.